The number of carbonyl (C=O) groups excluding carboxylic acids is 1. The summed E-state index contributed by atoms with van der Waals surface area (Å²) >= 11 is 0. The molecule has 1 amide bonds. The predicted octanol–water partition coefficient (Wildman–Crippen LogP) is 2.59. The van der Waals surface area contributed by atoms with E-state index in [-0.39, 0.29) is 11.8 Å². The molecule has 1 saturated carbocycles. The first kappa shape index (κ1) is 12.0. The zero-order chi connectivity index (χ0) is 12.4. The highest BCUT2D eigenvalue weighted by molar-refractivity contribution is 5.76. The zero-order valence-corrected chi connectivity index (χ0v) is 9.67. The standard InChI is InChI=1S/C13H15F2NO/c1-16-13(17)7-10(8-2-3-8)9-4-5-11(14)12(15)6-9/h4-6,8,10H,2-3,7H2,1H3,(H,16,17). The SMILES string of the molecule is CNC(=O)CC(c1ccc(F)c(F)c1)C1CC1. The molecule has 17 heavy (non-hydrogen) atoms. The van der Waals surface area contributed by atoms with Gasteiger partial charge in [0.1, 0.15) is 0 Å². The van der Waals surface area contributed by atoms with Crippen LogP contribution >= 0.6 is 0 Å². The molecule has 1 aliphatic rings. The summed E-state index contributed by atoms with van der Waals surface area (Å²) in [5, 5.41) is 2.57. The van der Waals surface area contributed by atoms with E-state index in [2.05, 4.69) is 5.32 Å². The first-order chi connectivity index (χ1) is 8.11. The Kier molecular flexibility index (Phi) is 3.41. The Morgan fingerprint density at radius 1 is 1.41 bits per heavy atom. The van der Waals surface area contributed by atoms with Gasteiger partial charge in [-0.15, -0.1) is 0 Å². The van der Waals surface area contributed by atoms with Crippen molar-refractivity contribution in [2.75, 3.05) is 7.05 Å². The molecule has 1 fully saturated rings. The fraction of sp³-hybridized carbons (Fsp3) is 0.462. The molecule has 1 aromatic carbocycles. The fourth-order valence-corrected chi connectivity index (χ4v) is 2.10. The van der Waals surface area contributed by atoms with Crippen molar-refractivity contribution in [2.45, 2.75) is 25.2 Å². The molecule has 1 N–H and O–H groups in total. The summed E-state index contributed by atoms with van der Waals surface area (Å²) in [6.45, 7) is 0. The van der Waals surface area contributed by atoms with E-state index in [0.29, 0.717) is 12.3 Å². The normalized spacial score (nSPS) is 16.6. The van der Waals surface area contributed by atoms with Gasteiger partial charge in [0.15, 0.2) is 11.6 Å². The molecular formula is C13H15F2NO. The van der Waals surface area contributed by atoms with Gasteiger partial charge in [0.25, 0.3) is 0 Å². The molecule has 0 saturated heterocycles. The van der Waals surface area contributed by atoms with Gasteiger partial charge in [-0.1, -0.05) is 6.07 Å². The summed E-state index contributed by atoms with van der Waals surface area (Å²) in [6, 6.07) is 3.91. The van der Waals surface area contributed by atoms with Gasteiger partial charge >= 0.3 is 0 Å². The molecule has 0 spiro atoms. The van der Waals surface area contributed by atoms with Crippen LogP contribution in [-0.4, -0.2) is 13.0 Å². The maximum atomic E-state index is 13.2. The van der Waals surface area contributed by atoms with Crippen LogP contribution in [0.25, 0.3) is 0 Å². The van der Waals surface area contributed by atoms with Crippen molar-refractivity contribution in [3.8, 4) is 0 Å². The molecular weight excluding hydrogens is 224 g/mol. The van der Waals surface area contributed by atoms with E-state index < -0.39 is 11.6 Å². The van der Waals surface area contributed by atoms with Gasteiger partial charge in [-0.2, -0.15) is 0 Å². The Hall–Kier alpha value is -1.45. The number of halogens is 2. The first-order valence-electron chi connectivity index (χ1n) is 5.77. The molecule has 0 aromatic heterocycles. The minimum absolute atomic E-state index is 0.00468. The van der Waals surface area contributed by atoms with Gasteiger partial charge in [0.2, 0.25) is 5.91 Å². The largest absolute Gasteiger partial charge is 0.359 e. The van der Waals surface area contributed by atoms with Crippen LogP contribution in [0.15, 0.2) is 18.2 Å². The molecule has 2 rings (SSSR count). The quantitative estimate of drug-likeness (QED) is 0.859. The number of hydrogen-bond donors (Lipinski definition) is 1. The summed E-state index contributed by atoms with van der Waals surface area (Å²) in [4.78, 5) is 11.4. The van der Waals surface area contributed by atoms with E-state index >= 15 is 0 Å². The summed E-state index contributed by atoms with van der Waals surface area (Å²) in [7, 11) is 1.58. The summed E-state index contributed by atoms with van der Waals surface area (Å²) < 4.78 is 26.0. The second-order valence-electron chi connectivity index (χ2n) is 4.49. The van der Waals surface area contributed by atoms with Crippen LogP contribution in [0.3, 0.4) is 0 Å². The lowest BCUT2D eigenvalue weighted by atomic mass is 9.90. The van der Waals surface area contributed by atoms with Crippen molar-refractivity contribution in [2.24, 2.45) is 5.92 Å². The van der Waals surface area contributed by atoms with Gasteiger partial charge < -0.3 is 5.32 Å². The fourth-order valence-electron chi connectivity index (χ4n) is 2.10. The van der Waals surface area contributed by atoms with Gasteiger partial charge in [0, 0.05) is 13.5 Å². The van der Waals surface area contributed by atoms with Crippen LogP contribution in [0, 0.1) is 17.6 Å². The molecule has 4 heteroatoms. The van der Waals surface area contributed by atoms with Crippen LogP contribution in [0.2, 0.25) is 0 Å². The second kappa shape index (κ2) is 4.82. The topological polar surface area (TPSA) is 29.1 Å². The number of rotatable bonds is 4. The average molecular weight is 239 g/mol. The Morgan fingerprint density at radius 3 is 2.65 bits per heavy atom. The van der Waals surface area contributed by atoms with Crippen LogP contribution in [-0.2, 0) is 4.79 Å². The van der Waals surface area contributed by atoms with Crippen molar-refractivity contribution in [1.29, 1.82) is 0 Å². The van der Waals surface area contributed by atoms with E-state index in [1.165, 1.54) is 6.07 Å². The lowest BCUT2D eigenvalue weighted by molar-refractivity contribution is -0.121. The predicted molar refractivity (Wildman–Crippen MR) is 60.5 cm³/mol. The van der Waals surface area contributed by atoms with E-state index in [1.807, 2.05) is 0 Å². The molecule has 1 unspecified atom stereocenters. The van der Waals surface area contributed by atoms with Crippen molar-refractivity contribution in [3.63, 3.8) is 0 Å². The number of hydrogen-bond acceptors (Lipinski definition) is 1. The molecule has 1 aromatic rings. The maximum Gasteiger partial charge on any atom is 0.220 e. The number of benzene rings is 1. The monoisotopic (exact) mass is 239 g/mol. The number of amides is 1. The minimum Gasteiger partial charge on any atom is -0.359 e. The van der Waals surface area contributed by atoms with Gasteiger partial charge in [0.05, 0.1) is 0 Å². The van der Waals surface area contributed by atoms with Crippen molar-refractivity contribution < 1.29 is 13.6 Å². The zero-order valence-electron chi connectivity index (χ0n) is 9.67. The van der Waals surface area contributed by atoms with Crippen LogP contribution < -0.4 is 5.32 Å². The van der Waals surface area contributed by atoms with Gasteiger partial charge in [-0.25, -0.2) is 8.78 Å². The highest BCUT2D eigenvalue weighted by atomic mass is 19.2. The van der Waals surface area contributed by atoms with Crippen LogP contribution in [0.4, 0.5) is 8.78 Å². The molecule has 0 radical (unpaired) electrons. The second-order valence-corrected chi connectivity index (χ2v) is 4.49. The first-order valence-corrected chi connectivity index (χ1v) is 5.77. The third-order valence-electron chi connectivity index (χ3n) is 3.25. The molecule has 0 bridgehead atoms. The Labute approximate surface area is 99.0 Å². The summed E-state index contributed by atoms with van der Waals surface area (Å²) in [6.07, 6.45) is 2.45. The highest BCUT2D eigenvalue weighted by Crippen LogP contribution is 2.44. The van der Waals surface area contributed by atoms with E-state index in [4.69, 9.17) is 0 Å². The van der Waals surface area contributed by atoms with Gasteiger partial charge in [-0.05, 0) is 42.4 Å². The summed E-state index contributed by atoms with van der Waals surface area (Å²) in [5.41, 5.74) is 0.718. The molecule has 0 aliphatic heterocycles. The molecule has 1 atom stereocenters. The Bertz CT molecular complexity index is 429. The average Bonchev–Trinajstić information content (AvgIpc) is 3.13. The summed E-state index contributed by atoms with van der Waals surface area (Å²) in [5.74, 6) is -1.32. The lowest BCUT2D eigenvalue weighted by Crippen LogP contribution is -2.21. The molecule has 0 heterocycles. The van der Waals surface area contributed by atoms with Crippen molar-refractivity contribution in [3.05, 3.63) is 35.4 Å². The minimum atomic E-state index is -0.844. The highest BCUT2D eigenvalue weighted by Gasteiger charge is 2.33. The van der Waals surface area contributed by atoms with E-state index in [1.54, 1.807) is 13.1 Å². The Balaban J connectivity index is 2.20. The molecule has 92 valence electrons. The van der Waals surface area contributed by atoms with Crippen molar-refractivity contribution >= 4 is 5.91 Å². The van der Waals surface area contributed by atoms with Crippen LogP contribution in [0.5, 0.6) is 0 Å². The van der Waals surface area contributed by atoms with Crippen molar-refractivity contribution in [1.82, 2.24) is 5.32 Å². The maximum absolute atomic E-state index is 13.2. The Morgan fingerprint density at radius 2 is 2.12 bits per heavy atom. The number of carbonyl (C=O) groups is 1. The molecule has 1 aliphatic carbocycles. The van der Waals surface area contributed by atoms with Gasteiger partial charge in [-0.3, -0.25) is 4.79 Å². The van der Waals surface area contributed by atoms with E-state index in [9.17, 15) is 13.6 Å². The third-order valence-corrected chi connectivity index (χ3v) is 3.25. The molecule has 2 nitrogen and oxygen atoms in total. The number of nitrogens with one attached hydrogen (secondary N) is 1. The smallest absolute Gasteiger partial charge is 0.220 e. The van der Waals surface area contributed by atoms with Crippen LogP contribution in [0.1, 0.15) is 30.7 Å². The third kappa shape index (κ3) is 2.81. The lowest BCUT2D eigenvalue weighted by Gasteiger charge is -2.16. The van der Waals surface area contributed by atoms with E-state index in [0.717, 1.165) is 24.5 Å².